The van der Waals surface area contributed by atoms with Gasteiger partial charge < -0.3 is 0 Å². The Hall–Kier alpha value is -0.790. The quantitative estimate of drug-likeness (QED) is 0.603. The molecule has 0 aliphatic carbocycles. The molecule has 0 amide bonds. The van der Waals surface area contributed by atoms with Gasteiger partial charge in [0.15, 0.2) is 0 Å². The Morgan fingerprint density at radius 3 is 2.67 bits per heavy atom. The second-order valence-electron chi connectivity index (χ2n) is 3.28. The van der Waals surface area contributed by atoms with Crippen LogP contribution in [0.3, 0.4) is 0 Å². The first-order chi connectivity index (χ1) is 5.77. The van der Waals surface area contributed by atoms with Crippen LogP contribution in [0, 0.1) is 0 Å². The van der Waals surface area contributed by atoms with Gasteiger partial charge in [0.1, 0.15) is 11.9 Å². The molecule has 0 saturated heterocycles. The van der Waals surface area contributed by atoms with Crippen LogP contribution in [-0.4, -0.2) is 4.57 Å². The maximum absolute atomic E-state index is 2.25. The summed E-state index contributed by atoms with van der Waals surface area (Å²) in [6.45, 7) is 5.47. The van der Waals surface area contributed by atoms with Gasteiger partial charge in [0.2, 0.25) is 6.33 Å². The summed E-state index contributed by atoms with van der Waals surface area (Å²) in [5.41, 5.74) is 1.44. The van der Waals surface area contributed by atoms with E-state index in [1.54, 1.807) is 0 Å². The average molecular weight is 167 g/mol. The third-order valence-electron chi connectivity index (χ3n) is 2.24. The van der Waals surface area contributed by atoms with Crippen molar-refractivity contribution in [2.45, 2.75) is 39.7 Å². The first-order valence-corrected chi connectivity index (χ1v) is 4.82. The second kappa shape index (κ2) is 4.29. The van der Waals surface area contributed by atoms with Crippen LogP contribution >= 0.6 is 0 Å². The number of unbranched alkanes of at least 4 members (excludes halogenated alkanes) is 1. The number of rotatable bonds is 4. The number of aromatic nitrogens is 2. The zero-order valence-corrected chi connectivity index (χ0v) is 8.38. The van der Waals surface area contributed by atoms with Crippen LogP contribution in [0.4, 0.5) is 0 Å². The summed E-state index contributed by atoms with van der Waals surface area (Å²) < 4.78 is 4.45. The van der Waals surface area contributed by atoms with E-state index in [-0.39, 0.29) is 0 Å². The largest absolute Gasteiger partial charge is 0.243 e. The smallest absolute Gasteiger partial charge is 0.237 e. The highest BCUT2D eigenvalue weighted by Crippen LogP contribution is 2.01. The Morgan fingerprint density at radius 2 is 2.17 bits per heavy atom. The van der Waals surface area contributed by atoms with Crippen LogP contribution in [0.2, 0.25) is 0 Å². The third kappa shape index (κ3) is 2.10. The summed E-state index contributed by atoms with van der Waals surface area (Å²) in [4.78, 5) is 0. The van der Waals surface area contributed by atoms with Gasteiger partial charge in [-0.05, 0) is 13.3 Å². The molecule has 0 radical (unpaired) electrons. The van der Waals surface area contributed by atoms with E-state index in [0.717, 1.165) is 6.54 Å². The monoisotopic (exact) mass is 167 g/mol. The van der Waals surface area contributed by atoms with Crippen LogP contribution in [0.15, 0.2) is 12.5 Å². The molecule has 0 aliphatic rings. The molecule has 0 bridgehead atoms. The summed E-state index contributed by atoms with van der Waals surface area (Å²) in [5, 5.41) is 0. The third-order valence-corrected chi connectivity index (χ3v) is 2.24. The molecule has 1 aromatic rings. The molecule has 0 unspecified atom stereocenters. The maximum Gasteiger partial charge on any atom is 0.243 e. The Kier molecular flexibility index (Phi) is 3.32. The number of imidazole rings is 1. The molecule has 0 aliphatic heterocycles. The van der Waals surface area contributed by atoms with Crippen molar-refractivity contribution >= 4 is 0 Å². The Morgan fingerprint density at radius 1 is 1.42 bits per heavy atom. The lowest BCUT2D eigenvalue weighted by atomic mass is 10.2. The number of nitrogens with zero attached hydrogens (tertiary/aromatic N) is 2. The number of hydrogen-bond acceptors (Lipinski definition) is 0. The van der Waals surface area contributed by atoms with Crippen molar-refractivity contribution in [2.75, 3.05) is 0 Å². The van der Waals surface area contributed by atoms with E-state index in [1.807, 2.05) is 0 Å². The van der Waals surface area contributed by atoms with Gasteiger partial charge in [0.25, 0.3) is 0 Å². The molecule has 2 nitrogen and oxygen atoms in total. The topological polar surface area (TPSA) is 8.81 Å². The molecular formula is C10H19N2+. The predicted molar refractivity (Wildman–Crippen MR) is 49.9 cm³/mol. The fourth-order valence-electron chi connectivity index (χ4n) is 1.38. The van der Waals surface area contributed by atoms with Crippen LogP contribution in [0.5, 0.6) is 0 Å². The Bertz CT molecular complexity index is 238. The number of hydrogen-bond donors (Lipinski definition) is 0. The lowest BCUT2D eigenvalue weighted by Crippen LogP contribution is -2.28. The molecule has 0 N–H and O–H groups in total. The van der Waals surface area contributed by atoms with Gasteiger partial charge in [-0.1, -0.05) is 13.3 Å². The minimum atomic E-state index is 1.07. The highest BCUT2D eigenvalue weighted by molar-refractivity contribution is 4.92. The fraction of sp³-hybridized carbons (Fsp3) is 0.700. The molecule has 12 heavy (non-hydrogen) atoms. The van der Waals surface area contributed by atoms with Crippen molar-refractivity contribution in [2.24, 2.45) is 7.05 Å². The van der Waals surface area contributed by atoms with Gasteiger partial charge in [-0.25, -0.2) is 9.13 Å². The van der Waals surface area contributed by atoms with E-state index in [4.69, 9.17) is 0 Å². The fourth-order valence-corrected chi connectivity index (χ4v) is 1.38. The van der Waals surface area contributed by atoms with Crippen LogP contribution in [-0.2, 0) is 20.0 Å². The van der Waals surface area contributed by atoms with E-state index in [9.17, 15) is 0 Å². The van der Waals surface area contributed by atoms with Crippen LogP contribution < -0.4 is 4.57 Å². The molecule has 1 aromatic heterocycles. The Balaban J connectivity index is 2.64. The predicted octanol–water partition coefficient (Wildman–Crippen LogP) is 1.68. The molecule has 0 fully saturated rings. The molecule has 1 rings (SSSR count). The summed E-state index contributed by atoms with van der Waals surface area (Å²) in [5.74, 6) is 0. The van der Waals surface area contributed by atoms with Gasteiger partial charge in [0, 0.05) is 6.42 Å². The van der Waals surface area contributed by atoms with Gasteiger partial charge in [-0.3, -0.25) is 0 Å². The van der Waals surface area contributed by atoms with Gasteiger partial charge in [-0.15, -0.1) is 0 Å². The first kappa shape index (κ1) is 9.30. The molecule has 0 aromatic carbocycles. The standard InChI is InChI=1S/C10H19N2/c1-4-6-7-10-8-12(5-2)9-11(10)3/h8-9H,4-7H2,1-3H3/q+1. The van der Waals surface area contributed by atoms with Crippen molar-refractivity contribution in [1.29, 1.82) is 0 Å². The molecule has 0 saturated carbocycles. The van der Waals surface area contributed by atoms with E-state index in [0.29, 0.717) is 0 Å². The first-order valence-electron chi connectivity index (χ1n) is 4.82. The SMILES string of the molecule is CCCCc1c[n+](CC)cn1C. The van der Waals surface area contributed by atoms with E-state index in [2.05, 4.69) is 42.6 Å². The second-order valence-corrected chi connectivity index (χ2v) is 3.28. The van der Waals surface area contributed by atoms with Crippen LogP contribution in [0.25, 0.3) is 0 Å². The summed E-state index contributed by atoms with van der Waals surface area (Å²) in [6, 6.07) is 0. The minimum Gasteiger partial charge on any atom is -0.237 e. The van der Waals surface area contributed by atoms with Crippen molar-refractivity contribution in [3.8, 4) is 0 Å². The number of aryl methyl sites for hydroxylation is 3. The molecular weight excluding hydrogens is 148 g/mol. The molecule has 0 atom stereocenters. The lowest BCUT2D eigenvalue weighted by molar-refractivity contribution is -0.693. The highest BCUT2D eigenvalue weighted by atomic mass is 15.1. The minimum absolute atomic E-state index is 1.07. The van der Waals surface area contributed by atoms with Crippen molar-refractivity contribution < 1.29 is 4.57 Å². The zero-order valence-electron chi connectivity index (χ0n) is 8.38. The van der Waals surface area contributed by atoms with Gasteiger partial charge in [0.05, 0.1) is 13.6 Å². The average Bonchev–Trinajstić information content (AvgIpc) is 2.43. The van der Waals surface area contributed by atoms with Crippen molar-refractivity contribution in [3.05, 3.63) is 18.2 Å². The van der Waals surface area contributed by atoms with Gasteiger partial charge >= 0.3 is 0 Å². The van der Waals surface area contributed by atoms with E-state index in [1.165, 1.54) is 25.0 Å². The summed E-state index contributed by atoms with van der Waals surface area (Å²) in [6.07, 6.45) is 8.18. The molecule has 1 heterocycles. The summed E-state index contributed by atoms with van der Waals surface area (Å²) >= 11 is 0. The zero-order chi connectivity index (χ0) is 8.97. The molecule has 2 heteroatoms. The molecule has 68 valence electrons. The summed E-state index contributed by atoms with van der Waals surface area (Å²) in [7, 11) is 2.12. The molecule has 0 spiro atoms. The van der Waals surface area contributed by atoms with Gasteiger partial charge in [-0.2, -0.15) is 0 Å². The van der Waals surface area contributed by atoms with Crippen molar-refractivity contribution in [1.82, 2.24) is 4.57 Å². The lowest BCUT2D eigenvalue weighted by Gasteiger charge is -1.92. The highest BCUT2D eigenvalue weighted by Gasteiger charge is 2.07. The normalized spacial score (nSPS) is 10.6. The van der Waals surface area contributed by atoms with Crippen molar-refractivity contribution in [3.63, 3.8) is 0 Å². The maximum atomic E-state index is 2.25. The van der Waals surface area contributed by atoms with E-state index < -0.39 is 0 Å². The Labute approximate surface area is 74.8 Å². The van der Waals surface area contributed by atoms with E-state index >= 15 is 0 Å². The van der Waals surface area contributed by atoms with Crippen LogP contribution in [0.1, 0.15) is 32.4 Å².